The van der Waals surface area contributed by atoms with Crippen molar-refractivity contribution in [1.29, 1.82) is 5.26 Å². The van der Waals surface area contributed by atoms with Crippen LogP contribution in [0.1, 0.15) is 29.6 Å². The van der Waals surface area contributed by atoms with Gasteiger partial charge in [-0.25, -0.2) is 0 Å². The van der Waals surface area contributed by atoms with Crippen LogP contribution in [0.5, 0.6) is 5.75 Å². The van der Waals surface area contributed by atoms with Crippen molar-refractivity contribution in [3.63, 3.8) is 0 Å². The number of carbonyl (C=O) groups is 2. The highest BCUT2D eigenvalue weighted by Gasteiger charge is 2.35. The van der Waals surface area contributed by atoms with Gasteiger partial charge in [-0.15, -0.1) is 0 Å². The van der Waals surface area contributed by atoms with Crippen molar-refractivity contribution in [1.82, 2.24) is 4.90 Å². The molecule has 1 fully saturated rings. The number of imide groups is 1. The van der Waals surface area contributed by atoms with Gasteiger partial charge in [0.2, 0.25) is 5.91 Å². The molecule has 1 heterocycles. The van der Waals surface area contributed by atoms with Crippen molar-refractivity contribution >= 4 is 11.8 Å². The first-order valence-electron chi connectivity index (χ1n) is 6.04. The zero-order valence-electron chi connectivity index (χ0n) is 10.6. The van der Waals surface area contributed by atoms with Gasteiger partial charge in [0.1, 0.15) is 5.75 Å². The Hall–Kier alpha value is -2.35. The van der Waals surface area contributed by atoms with E-state index < -0.39 is 0 Å². The first kappa shape index (κ1) is 13.1. The number of nitrogens with zero attached hydrogens (tertiary/aromatic N) is 2. The second-order valence-corrected chi connectivity index (χ2v) is 4.35. The number of benzene rings is 1. The maximum atomic E-state index is 12.3. The molecule has 1 aliphatic heterocycles. The van der Waals surface area contributed by atoms with E-state index in [1.165, 1.54) is 4.90 Å². The molecule has 1 aromatic carbocycles. The summed E-state index contributed by atoms with van der Waals surface area (Å²) in [6.45, 7) is 0. The lowest BCUT2D eigenvalue weighted by Gasteiger charge is -2.20. The van der Waals surface area contributed by atoms with Crippen LogP contribution in [0.3, 0.4) is 0 Å². The standard InChI is InChI=1S/C14H14N2O3/c1-19-12-5-2-10(3-6-12)14(18)16-11(8-9-15)4-7-13(16)17/h2-3,5-6,11H,4,7-8H2,1H3/t11-/m0/s1. The predicted molar refractivity (Wildman–Crippen MR) is 67.4 cm³/mol. The van der Waals surface area contributed by atoms with Gasteiger partial charge in [-0.1, -0.05) is 0 Å². The molecule has 0 aromatic heterocycles. The van der Waals surface area contributed by atoms with Gasteiger partial charge >= 0.3 is 0 Å². The quantitative estimate of drug-likeness (QED) is 0.774. The molecule has 0 aliphatic carbocycles. The van der Waals surface area contributed by atoms with Gasteiger partial charge in [0.15, 0.2) is 0 Å². The van der Waals surface area contributed by atoms with Gasteiger partial charge in [0, 0.05) is 12.0 Å². The average Bonchev–Trinajstić information content (AvgIpc) is 2.80. The maximum Gasteiger partial charge on any atom is 0.260 e. The van der Waals surface area contributed by atoms with E-state index in [-0.39, 0.29) is 24.3 Å². The van der Waals surface area contributed by atoms with E-state index in [1.54, 1.807) is 31.4 Å². The number of hydrogen-bond donors (Lipinski definition) is 0. The second kappa shape index (κ2) is 5.53. The molecule has 0 spiro atoms. The van der Waals surface area contributed by atoms with E-state index >= 15 is 0 Å². The number of methoxy groups -OCH3 is 1. The third-order valence-electron chi connectivity index (χ3n) is 3.21. The third-order valence-corrected chi connectivity index (χ3v) is 3.21. The fourth-order valence-electron chi connectivity index (χ4n) is 2.19. The minimum absolute atomic E-state index is 0.188. The molecule has 5 heteroatoms. The van der Waals surface area contributed by atoms with Gasteiger partial charge in [-0.05, 0) is 30.7 Å². The van der Waals surface area contributed by atoms with E-state index in [1.807, 2.05) is 6.07 Å². The van der Waals surface area contributed by atoms with Crippen molar-refractivity contribution in [2.45, 2.75) is 25.3 Å². The zero-order chi connectivity index (χ0) is 13.8. The van der Waals surface area contributed by atoms with Gasteiger partial charge in [-0.3, -0.25) is 14.5 Å². The van der Waals surface area contributed by atoms with Gasteiger partial charge in [0.25, 0.3) is 5.91 Å². The zero-order valence-corrected chi connectivity index (χ0v) is 10.6. The van der Waals surface area contributed by atoms with Gasteiger partial charge < -0.3 is 4.74 Å². The summed E-state index contributed by atoms with van der Waals surface area (Å²) in [6.07, 6.45) is 1.08. The van der Waals surface area contributed by atoms with Crippen molar-refractivity contribution in [3.05, 3.63) is 29.8 Å². The van der Waals surface area contributed by atoms with Crippen LogP contribution in [0.15, 0.2) is 24.3 Å². The van der Waals surface area contributed by atoms with Crippen LogP contribution in [0, 0.1) is 11.3 Å². The molecule has 1 saturated heterocycles. The Morgan fingerprint density at radius 2 is 2.16 bits per heavy atom. The number of likely N-dealkylation sites (tertiary alicyclic amines) is 1. The molecule has 0 N–H and O–H groups in total. The van der Waals surface area contributed by atoms with Crippen LogP contribution in [0.4, 0.5) is 0 Å². The molecule has 1 atom stereocenters. The van der Waals surface area contributed by atoms with Crippen LogP contribution in [-0.4, -0.2) is 29.9 Å². The molecule has 1 aliphatic rings. The van der Waals surface area contributed by atoms with Crippen molar-refractivity contribution in [3.8, 4) is 11.8 Å². The normalized spacial score (nSPS) is 18.2. The smallest absolute Gasteiger partial charge is 0.260 e. The molecule has 98 valence electrons. The summed E-state index contributed by atoms with van der Waals surface area (Å²) in [5.74, 6) is 0.101. The Kier molecular flexibility index (Phi) is 3.81. The molecular formula is C14H14N2O3. The fourth-order valence-corrected chi connectivity index (χ4v) is 2.19. The highest BCUT2D eigenvalue weighted by atomic mass is 16.5. The van der Waals surface area contributed by atoms with Crippen molar-refractivity contribution < 1.29 is 14.3 Å². The molecule has 0 radical (unpaired) electrons. The van der Waals surface area contributed by atoms with E-state index in [0.29, 0.717) is 24.2 Å². The summed E-state index contributed by atoms with van der Waals surface area (Å²) in [7, 11) is 1.55. The SMILES string of the molecule is COc1ccc(C(=O)N2C(=O)CC[C@H]2CC#N)cc1. The Bertz CT molecular complexity index is 531. The summed E-state index contributed by atoms with van der Waals surface area (Å²) < 4.78 is 5.02. The molecule has 0 unspecified atom stereocenters. The number of hydrogen-bond acceptors (Lipinski definition) is 4. The molecule has 5 nitrogen and oxygen atoms in total. The van der Waals surface area contributed by atoms with Crippen molar-refractivity contribution in [2.75, 3.05) is 7.11 Å². The highest BCUT2D eigenvalue weighted by Crippen LogP contribution is 2.24. The first-order valence-corrected chi connectivity index (χ1v) is 6.04. The number of nitriles is 1. The number of rotatable bonds is 3. The Morgan fingerprint density at radius 1 is 1.47 bits per heavy atom. The molecule has 19 heavy (non-hydrogen) atoms. The Labute approximate surface area is 111 Å². The van der Waals surface area contributed by atoms with Gasteiger partial charge in [-0.2, -0.15) is 5.26 Å². The van der Waals surface area contributed by atoms with E-state index in [9.17, 15) is 9.59 Å². The number of ether oxygens (including phenoxy) is 1. The molecular weight excluding hydrogens is 244 g/mol. The Balaban J connectivity index is 2.21. The summed E-state index contributed by atoms with van der Waals surface area (Å²) in [6, 6.07) is 8.31. The second-order valence-electron chi connectivity index (χ2n) is 4.35. The summed E-state index contributed by atoms with van der Waals surface area (Å²) >= 11 is 0. The van der Waals surface area contributed by atoms with Gasteiger partial charge in [0.05, 0.1) is 25.6 Å². The molecule has 0 saturated carbocycles. The van der Waals surface area contributed by atoms with E-state index in [4.69, 9.17) is 10.00 Å². The van der Waals surface area contributed by atoms with Crippen molar-refractivity contribution in [2.24, 2.45) is 0 Å². The largest absolute Gasteiger partial charge is 0.497 e. The topological polar surface area (TPSA) is 70.4 Å². The highest BCUT2D eigenvalue weighted by molar-refractivity contribution is 6.06. The molecule has 2 amide bonds. The fraction of sp³-hybridized carbons (Fsp3) is 0.357. The Morgan fingerprint density at radius 3 is 2.74 bits per heavy atom. The lowest BCUT2D eigenvalue weighted by Crippen LogP contribution is -2.38. The summed E-state index contributed by atoms with van der Waals surface area (Å²) in [4.78, 5) is 25.3. The number of amides is 2. The van der Waals surface area contributed by atoms with E-state index in [0.717, 1.165) is 0 Å². The lowest BCUT2D eigenvalue weighted by molar-refractivity contribution is -0.126. The monoisotopic (exact) mass is 258 g/mol. The minimum atomic E-state index is -0.342. The van der Waals surface area contributed by atoms with E-state index in [2.05, 4.69) is 0 Å². The lowest BCUT2D eigenvalue weighted by atomic mass is 10.1. The predicted octanol–water partition coefficient (Wildman–Crippen LogP) is 1.74. The maximum absolute atomic E-state index is 12.3. The van der Waals surface area contributed by atoms with Crippen LogP contribution in [0.25, 0.3) is 0 Å². The van der Waals surface area contributed by atoms with Crippen LogP contribution >= 0.6 is 0 Å². The van der Waals surface area contributed by atoms with Crippen LogP contribution < -0.4 is 4.74 Å². The number of carbonyl (C=O) groups excluding carboxylic acids is 2. The summed E-state index contributed by atoms with van der Waals surface area (Å²) in [5.41, 5.74) is 0.430. The van der Waals surface area contributed by atoms with Crippen LogP contribution in [-0.2, 0) is 4.79 Å². The molecule has 0 bridgehead atoms. The molecule has 2 rings (SSSR count). The minimum Gasteiger partial charge on any atom is -0.497 e. The summed E-state index contributed by atoms with van der Waals surface area (Å²) in [5, 5.41) is 8.74. The molecule has 1 aromatic rings. The average molecular weight is 258 g/mol. The van der Waals surface area contributed by atoms with Crippen LogP contribution in [0.2, 0.25) is 0 Å². The third kappa shape index (κ3) is 2.58. The first-order chi connectivity index (χ1) is 9.17.